The lowest BCUT2D eigenvalue weighted by molar-refractivity contribution is 0.0994. The molecular weight excluding hydrogens is 251 g/mol. The van der Waals surface area contributed by atoms with Crippen LogP contribution in [-0.4, -0.2) is 22.7 Å². The van der Waals surface area contributed by atoms with Gasteiger partial charge in [0.1, 0.15) is 11.5 Å². The van der Waals surface area contributed by atoms with Crippen molar-refractivity contribution in [2.24, 2.45) is 5.73 Å². The number of benzene rings is 1. The highest BCUT2D eigenvalue weighted by Gasteiger charge is 2.15. The van der Waals surface area contributed by atoms with E-state index in [0.717, 1.165) is 10.7 Å². The number of hydrogen-bond donors (Lipinski definition) is 2. The van der Waals surface area contributed by atoms with E-state index in [4.69, 9.17) is 5.73 Å². The minimum Gasteiger partial charge on any atom is -0.386 e. The average Bonchev–Trinajstić information content (AvgIpc) is 2.39. The van der Waals surface area contributed by atoms with Crippen LogP contribution in [0.5, 0.6) is 0 Å². The number of halogens is 1. The summed E-state index contributed by atoms with van der Waals surface area (Å²) in [6.45, 7) is 0. The van der Waals surface area contributed by atoms with E-state index in [2.05, 4.69) is 10.4 Å². The lowest BCUT2D eigenvalue weighted by Gasteiger charge is -2.09. The molecule has 2 rings (SSSR count). The van der Waals surface area contributed by atoms with Gasteiger partial charge in [0, 0.05) is 13.1 Å². The molecule has 0 radical (unpaired) electrons. The first-order valence-electron chi connectivity index (χ1n) is 5.41. The van der Waals surface area contributed by atoms with Gasteiger partial charge in [-0.05, 0) is 12.1 Å². The Morgan fingerprint density at radius 1 is 1.42 bits per heavy atom. The fraction of sp³-hybridized carbons (Fsp3) is 0.0833. The van der Waals surface area contributed by atoms with Crippen LogP contribution in [0.4, 0.5) is 10.1 Å². The molecule has 1 amide bonds. The number of aromatic nitrogens is 2. The fourth-order valence-electron chi connectivity index (χ4n) is 1.62. The number of nitrogens with one attached hydrogen (secondary N) is 1. The Bertz CT molecular complexity index is 696. The summed E-state index contributed by atoms with van der Waals surface area (Å²) in [4.78, 5) is 23.1. The van der Waals surface area contributed by atoms with Crippen molar-refractivity contribution < 1.29 is 9.18 Å². The monoisotopic (exact) mass is 262 g/mol. The first-order chi connectivity index (χ1) is 9.04. The van der Waals surface area contributed by atoms with Crippen molar-refractivity contribution in [1.29, 1.82) is 0 Å². The third-order valence-corrected chi connectivity index (χ3v) is 2.52. The Kier molecular flexibility index (Phi) is 3.28. The third kappa shape index (κ3) is 2.30. The molecule has 1 heterocycles. The topological polar surface area (TPSA) is 90.0 Å². The number of rotatable bonds is 3. The number of nitrogens with zero attached hydrogens (tertiary/aromatic N) is 2. The predicted octanol–water partition coefficient (Wildman–Crippen LogP) is 0.512. The molecule has 3 N–H and O–H groups in total. The van der Waals surface area contributed by atoms with Crippen molar-refractivity contribution in [3.8, 4) is 5.69 Å². The molecule has 0 spiro atoms. The van der Waals surface area contributed by atoms with Gasteiger partial charge in [0.2, 0.25) is 0 Å². The summed E-state index contributed by atoms with van der Waals surface area (Å²) < 4.78 is 14.4. The summed E-state index contributed by atoms with van der Waals surface area (Å²) >= 11 is 0. The molecule has 1 aromatic carbocycles. The van der Waals surface area contributed by atoms with Crippen molar-refractivity contribution in [3.05, 3.63) is 52.2 Å². The van der Waals surface area contributed by atoms with E-state index < -0.39 is 17.3 Å². The van der Waals surface area contributed by atoms with Crippen LogP contribution in [-0.2, 0) is 0 Å². The highest BCUT2D eigenvalue weighted by Crippen LogP contribution is 2.13. The summed E-state index contributed by atoms with van der Waals surface area (Å²) in [7, 11) is 1.52. The lowest BCUT2D eigenvalue weighted by atomic mass is 10.3. The number of carbonyl (C=O) groups excluding carboxylic acids is 1. The van der Waals surface area contributed by atoms with Crippen LogP contribution in [0, 0.1) is 5.82 Å². The van der Waals surface area contributed by atoms with Crippen molar-refractivity contribution in [1.82, 2.24) is 9.78 Å². The molecule has 2 aromatic rings. The van der Waals surface area contributed by atoms with Crippen LogP contribution < -0.4 is 16.6 Å². The van der Waals surface area contributed by atoms with E-state index in [1.807, 2.05) is 0 Å². The minimum absolute atomic E-state index is 0.0438. The van der Waals surface area contributed by atoms with Crippen LogP contribution in [0.1, 0.15) is 10.5 Å². The SMILES string of the molecule is CNc1cc(=O)n(-c2ccccc2F)nc1C(N)=O. The fourth-order valence-corrected chi connectivity index (χ4v) is 1.62. The van der Waals surface area contributed by atoms with Crippen molar-refractivity contribution in [2.45, 2.75) is 0 Å². The quantitative estimate of drug-likeness (QED) is 0.843. The molecule has 6 nitrogen and oxygen atoms in total. The summed E-state index contributed by atoms with van der Waals surface area (Å²) in [6, 6.07) is 6.76. The summed E-state index contributed by atoms with van der Waals surface area (Å²) in [6.07, 6.45) is 0. The normalized spacial score (nSPS) is 10.2. The maximum absolute atomic E-state index is 13.6. The molecule has 0 aliphatic heterocycles. The van der Waals surface area contributed by atoms with Gasteiger partial charge in [0.05, 0.1) is 5.69 Å². The Morgan fingerprint density at radius 2 is 2.11 bits per heavy atom. The molecule has 0 atom stereocenters. The van der Waals surface area contributed by atoms with Gasteiger partial charge in [0.15, 0.2) is 5.69 Å². The second-order valence-corrected chi connectivity index (χ2v) is 3.72. The zero-order valence-electron chi connectivity index (χ0n) is 10.1. The van der Waals surface area contributed by atoms with Gasteiger partial charge in [-0.1, -0.05) is 12.1 Å². The zero-order valence-corrected chi connectivity index (χ0v) is 10.1. The minimum atomic E-state index is -0.811. The molecule has 19 heavy (non-hydrogen) atoms. The molecular formula is C12H11FN4O2. The number of para-hydroxylation sites is 1. The van der Waals surface area contributed by atoms with E-state index in [9.17, 15) is 14.0 Å². The summed E-state index contributed by atoms with van der Waals surface area (Å²) in [5.74, 6) is -1.43. The van der Waals surface area contributed by atoms with Crippen LogP contribution in [0.3, 0.4) is 0 Å². The van der Waals surface area contributed by atoms with Crippen molar-refractivity contribution in [3.63, 3.8) is 0 Å². The summed E-state index contributed by atoms with van der Waals surface area (Å²) in [5, 5.41) is 6.44. The van der Waals surface area contributed by atoms with Crippen LogP contribution in [0.15, 0.2) is 35.1 Å². The molecule has 1 aromatic heterocycles. The first-order valence-corrected chi connectivity index (χ1v) is 5.41. The van der Waals surface area contributed by atoms with Gasteiger partial charge in [0.25, 0.3) is 11.5 Å². The Balaban J connectivity index is 2.72. The van der Waals surface area contributed by atoms with E-state index >= 15 is 0 Å². The lowest BCUT2D eigenvalue weighted by Crippen LogP contribution is -2.27. The second kappa shape index (κ2) is 4.89. The molecule has 0 saturated carbocycles. The smallest absolute Gasteiger partial charge is 0.273 e. The molecule has 98 valence electrons. The van der Waals surface area contributed by atoms with E-state index in [1.165, 1.54) is 25.2 Å². The Labute approximate surface area is 107 Å². The standard InChI is InChI=1S/C12H11FN4O2/c1-15-8-6-10(18)17(16-11(8)12(14)19)9-5-3-2-4-7(9)13/h2-6,15H,1H3,(H2,14,19). The third-order valence-electron chi connectivity index (χ3n) is 2.52. The van der Waals surface area contributed by atoms with Crippen LogP contribution in [0.2, 0.25) is 0 Å². The van der Waals surface area contributed by atoms with Gasteiger partial charge >= 0.3 is 0 Å². The maximum atomic E-state index is 13.6. The van der Waals surface area contributed by atoms with Gasteiger partial charge in [-0.15, -0.1) is 0 Å². The van der Waals surface area contributed by atoms with E-state index in [0.29, 0.717) is 0 Å². The zero-order chi connectivity index (χ0) is 14.0. The van der Waals surface area contributed by atoms with Crippen molar-refractivity contribution >= 4 is 11.6 Å². The molecule has 7 heteroatoms. The average molecular weight is 262 g/mol. The van der Waals surface area contributed by atoms with E-state index in [1.54, 1.807) is 6.07 Å². The Morgan fingerprint density at radius 3 is 2.68 bits per heavy atom. The molecule has 0 fully saturated rings. The number of nitrogens with two attached hydrogens (primary N) is 1. The molecule has 0 saturated heterocycles. The molecule has 0 unspecified atom stereocenters. The van der Waals surface area contributed by atoms with Gasteiger partial charge in [-0.2, -0.15) is 9.78 Å². The van der Waals surface area contributed by atoms with Crippen LogP contribution >= 0.6 is 0 Å². The molecule has 0 bridgehead atoms. The number of anilines is 1. The second-order valence-electron chi connectivity index (χ2n) is 3.72. The largest absolute Gasteiger partial charge is 0.386 e. The van der Waals surface area contributed by atoms with Crippen molar-refractivity contribution in [2.75, 3.05) is 12.4 Å². The Hall–Kier alpha value is -2.70. The first kappa shape index (κ1) is 12.7. The number of primary amides is 1. The van der Waals surface area contributed by atoms with Crippen LogP contribution in [0.25, 0.3) is 5.69 Å². The molecule has 0 aliphatic rings. The maximum Gasteiger partial charge on any atom is 0.273 e. The predicted molar refractivity (Wildman–Crippen MR) is 67.9 cm³/mol. The molecule has 0 aliphatic carbocycles. The van der Waals surface area contributed by atoms with Gasteiger partial charge < -0.3 is 11.1 Å². The number of amides is 1. The van der Waals surface area contributed by atoms with E-state index in [-0.39, 0.29) is 17.1 Å². The highest BCUT2D eigenvalue weighted by molar-refractivity contribution is 5.96. The number of carbonyl (C=O) groups is 1. The van der Waals surface area contributed by atoms with Gasteiger partial charge in [-0.3, -0.25) is 9.59 Å². The summed E-state index contributed by atoms with van der Waals surface area (Å²) in [5.41, 5.74) is 4.63. The van der Waals surface area contributed by atoms with Gasteiger partial charge in [-0.25, -0.2) is 4.39 Å². The highest BCUT2D eigenvalue weighted by atomic mass is 19.1. The number of hydrogen-bond acceptors (Lipinski definition) is 4.